The van der Waals surface area contributed by atoms with Crippen molar-refractivity contribution in [1.82, 2.24) is 9.88 Å². The number of carbonyl (C=O) groups is 1. The van der Waals surface area contributed by atoms with E-state index in [1.807, 2.05) is 12.1 Å². The minimum atomic E-state index is -0.316. The molecule has 1 saturated heterocycles. The zero-order valence-electron chi connectivity index (χ0n) is 9.64. The molecule has 0 radical (unpaired) electrons. The second kappa shape index (κ2) is 3.80. The Hall–Kier alpha value is -1.97. The van der Waals surface area contributed by atoms with E-state index in [0.29, 0.717) is 13.1 Å². The van der Waals surface area contributed by atoms with E-state index < -0.39 is 0 Å². The summed E-state index contributed by atoms with van der Waals surface area (Å²) in [5, 5.41) is 3.90. The molecule has 1 unspecified atom stereocenters. The van der Waals surface area contributed by atoms with E-state index in [4.69, 9.17) is 4.74 Å². The molecule has 1 amide bonds. The maximum atomic E-state index is 11.0. The number of aromatic nitrogens is 1. The summed E-state index contributed by atoms with van der Waals surface area (Å²) in [7, 11) is 0. The third-order valence-electron chi connectivity index (χ3n) is 3.15. The molecular weight excluding hydrogens is 216 g/mol. The van der Waals surface area contributed by atoms with Crippen LogP contribution < -0.4 is 5.32 Å². The van der Waals surface area contributed by atoms with Gasteiger partial charge in [-0.1, -0.05) is 18.2 Å². The number of aryl methyl sites for hydroxylation is 1. The Bertz CT molecular complexity index is 574. The van der Waals surface area contributed by atoms with E-state index in [1.165, 1.54) is 16.6 Å². The molecule has 1 atom stereocenters. The highest BCUT2D eigenvalue weighted by atomic mass is 16.6. The third kappa shape index (κ3) is 1.75. The first-order chi connectivity index (χ1) is 8.24. The maximum absolute atomic E-state index is 11.0. The van der Waals surface area contributed by atoms with Crippen molar-refractivity contribution in [2.75, 3.05) is 6.54 Å². The molecule has 1 N–H and O–H groups in total. The van der Waals surface area contributed by atoms with Crippen molar-refractivity contribution in [1.29, 1.82) is 0 Å². The number of hydrogen-bond acceptors (Lipinski definition) is 2. The first-order valence-electron chi connectivity index (χ1n) is 5.73. The highest BCUT2D eigenvalue weighted by Gasteiger charge is 2.23. The van der Waals surface area contributed by atoms with Crippen molar-refractivity contribution in [3.63, 3.8) is 0 Å². The summed E-state index contributed by atoms with van der Waals surface area (Å²) < 4.78 is 7.36. The largest absolute Gasteiger partial charge is 0.442 e. The molecule has 1 aliphatic rings. The van der Waals surface area contributed by atoms with E-state index in [1.54, 1.807) is 0 Å². The molecule has 1 aromatic carbocycles. The lowest BCUT2D eigenvalue weighted by molar-refractivity contribution is 0.131. The Balaban J connectivity index is 1.94. The van der Waals surface area contributed by atoms with E-state index >= 15 is 0 Å². The molecule has 1 aliphatic heterocycles. The van der Waals surface area contributed by atoms with Crippen LogP contribution in [-0.2, 0) is 11.3 Å². The van der Waals surface area contributed by atoms with Crippen molar-refractivity contribution in [2.24, 2.45) is 0 Å². The fraction of sp³-hybridized carbons (Fsp3) is 0.308. The van der Waals surface area contributed by atoms with Crippen LogP contribution in [0.2, 0.25) is 0 Å². The van der Waals surface area contributed by atoms with Crippen molar-refractivity contribution in [3.05, 3.63) is 36.0 Å². The number of para-hydroxylation sites is 1. The predicted molar refractivity (Wildman–Crippen MR) is 64.9 cm³/mol. The van der Waals surface area contributed by atoms with Gasteiger partial charge in [-0.15, -0.1) is 0 Å². The summed E-state index contributed by atoms with van der Waals surface area (Å²) >= 11 is 0. The Morgan fingerprint density at radius 2 is 2.29 bits per heavy atom. The first-order valence-corrected chi connectivity index (χ1v) is 5.73. The van der Waals surface area contributed by atoms with Crippen LogP contribution in [0, 0.1) is 6.92 Å². The maximum Gasteiger partial charge on any atom is 0.407 e. The Morgan fingerprint density at radius 3 is 3.06 bits per heavy atom. The van der Waals surface area contributed by atoms with Gasteiger partial charge < -0.3 is 14.6 Å². The number of alkyl carbamates (subject to hydrolysis) is 1. The lowest BCUT2D eigenvalue weighted by Crippen LogP contribution is -2.21. The average Bonchev–Trinajstić information content (AvgIpc) is 2.85. The molecule has 2 heterocycles. The SMILES string of the molecule is Cc1cc2ccccc2n1CC1CNC(=O)O1. The molecule has 88 valence electrons. The van der Waals surface area contributed by atoms with E-state index in [2.05, 4.69) is 35.0 Å². The van der Waals surface area contributed by atoms with Crippen LogP contribution in [0.4, 0.5) is 4.79 Å². The van der Waals surface area contributed by atoms with Crippen molar-refractivity contribution in [3.8, 4) is 0 Å². The quantitative estimate of drug-likeness (QED) is 0.858. The van der Waals surface area contributed by atoms with Crippen molar-refractivity contribution in [2.45, 2.75) is 19.6 Å². The van der Waals surface area contributed by atoms with Crippen LogP contribution in [0.15, 0.2) is 30.3 Å². The van der Waals surface area contributed by atoms with Gasteiger partial charge >= 0.3 is 6.09 Å². The zero-order chi connectivity index (χ0) is 11.8. The highest BCUT2D eigenvalue weighted by molar-refractivity contribution is 5.81. The summed E-state index contributed by atoms with van der Waals surface area (Å²) in [6, 6.07) is 10.4. The fourth-order valence-electron chi connectivity index (χ4n) is 2.33. The van der Waals surface area contributed by atoms with Gasteiger partial charge in [-0.3, -0.25) is 0 Å². The molecule has 3 rings (SSSR count). The van der Waals surface area contributed by atoms with Crippen molar-refractivity contribution < 1.29 is 9.53 Å². The summed E-state index contributed by atoms with van der Waals surface area (Å²) in [6.45, 7) is 3.37. The molecule has 0 bridgehead atoms. The second-order valence-corrected chi connectivity index (χ2v) is 4.36. The van der Waals surface area contributed by atoms with Crippen molar-refractivity contribution >= 4 is 17.0 Å². The molecular formula is C13H14N2O2. The van der Waals surface area contributed by atoms with Gasteiger partial charge in [0, 0.05) is 11.2 Å². The monoisotopic (exact) mass is 230 g/mol. The number of carbonyl (C=O) groups excluding carboxylic acids is 1. The molecule has 4 heteroatoms. The highest BCUT2D eigenvalue weighted by Crippen LogP contribution is 2.20. The van der Waals surface area contributed by atoms with Crippen LogP contribution in [0.5, 0.6) is 0 Å². The Labute approximate surface area is 99.2 Å². The topological polar surface area (TPSA) is 43.3 Å². The number of fused-ring (bicyclic) bond motifs is 1. The molecule has 0 saturated carbocycles. The summed E-state index contributed by atoms with van der Waals surface area (Å²) in [6.07, 6.45) is -0.388. The normalized spacial score (nSPS) is 19.4. The lowest BCUT2D eigenvalue weighted by Gasteiger charge is -2.12. The van der Waals surface area contributed by atoms with Crippen LogP contribution in [0.25, 0.3) is 10.9 Å². The summed E-state index contributed by atoms with van der Waals surface area (Å²) in [4.78, 5) is 11.0. The van der Waals surface area contributed by atoms with Gasteiger partial charge in [0.15, 0.2) is 0 Å². The van der Waals surface area contributed by atoms with Gasteiger partial charge in [-0.05, 0) is 24.4 Å². The summed E-state index contributed by atoms with van der Waals surface area (Å²) in [5.41, 5.74) is 2.38. The Kier molecular flexibility index (Phi) is 2.28. The van der Waals surface area contributed by atoms with Gasteiger partial charge in [0.25, 0.3) is 0 Å². The fourth-order valence-corrected chi connectivity index (χ4v) is 2.33. The van der Waals surface area contributed by atoms with E-state index in [-0.39, 0.29) is 12.2 Å². The number of cyclic esters (lactones) is 1. The van der Waals surface area contributed by atoms with Gasteiger partial charge in [-0.2, -0.15) is 0 Å². The first kappa shape index (κ1) is 10.2. The molecule has 2 aromatic rings. The van der Waals surface area contributed by atoms with Crippen LogP contribution in [0.3, 0.4) is 0 Å². The molecule has 1 aromatic heterocycles. The second-order valence-electron chi connectivity index (χ2n) is 4.36. The average molecular weight is 230 g/mol. The van der Waals surface area contributed by atoms with E-state index in [9.17, 15) is 4.79 Å². The van der Waals surface area contributed by atoms with Gasteiger partial charge in [-0.25, -0.2) is 4.79 Å². The van der Waals surface area contributed by atoms with E-state index in [0.717, 1.165) is 0 Å². The minimum Gasteiger partial charge on any atom is -0.442 e. The number of rotatable bonds is 2. The minimum absolute atomic E-state index is 0.0722. The molecule has 4 nitrogen and oxygen atoms in total. The lowest BCUT2D eigenvalue weighted by atomic mass is 10.2. The molecule has 0 spiro atoms. The molecule has 0 aliphatic carbocycles. The molecule has 1 fully saturated rings. The number of benzene rings is 1. The number of ether oxygens (including phenoxy) is 1. The molecule has 17 heavy (non-hydrogen) atoms. The van der Waals surface area contributed by atoms with Crippen LogP contribution in [0.1, 0.15) is 5.69 Å². The smallest absolute Gasteiger partial charge is 0.407 e. The van der Waals surface area contributed by atoms with Gasteiger partial charge in [0.2, 0.25) is 0 Å². The Morgan fingerprint density at radius 1 is 1.47 bits per heavy atom. The third-order valence-corrected chi connectivity index (χ3v) is 3.15. The number of hydrogen-bond donors (Lipinski definition) is 1. The zero-order valence-corrected chi connectivity index (χ0v) is 9.64. The van der Waals surface area contributed by atoms with Crippen LogP contribution in [-0.4, -0.2) is 23.3 Å². The number of nitrogens with zero attached hydrogens (tertiary/aromatic N) is 1. The standard InChI is InChI=1S/C13H14N2O2/c1-9-6-10-4-2-3-5-12(10)15(9)8-11-7-14-13(16)17-11/h2-6,11H,7-8H2,1H3,(H,14,16). The van der Waals surface area contributed by atoms with Gasteiger partial charge in [0.1, 0.15) is 6.10 Å². The predicted octanol–water partition coefficient (Wildman–Crippen LogP) is 2.06. The number of amides is 1. The summed E-state index contributed by atoms with van der Waals surface area (Å²) in [5.74, 6) is 0. The number of nitrogens with one attached hydrogen (secondary N) is 1. The van der Waals surface area contributed by atoms with Crippen LogP contribution >= 0.6 is 0 Å². The van der Waals surface area contributed by atoms with Gasteiger partial charge in [0.05, 0.1) is 13.1 Å².